The van der Waals surface area contributed by atoms with Crippen LogP contribution in [0.4, 0.5) is 0 Å². The zero-order valence-electron chi connectivity index (χ0n) is 15.0. The van der Waals surface area contributed by atoms with E-state index in [1.54, 1.807) is 0 Å². The van der Waals surface area contributed by atoms with E-state index in [9.17, 15) is 0 Å². The van der Waals surface area contributed by atoms with E-state index in [4.69, 9.17) is 4.74 Å². The predicted molar refractivity (Wildman–Crippen MR) is 102 cm³/mol. The summed E-state index contributed by atoms with van der Waals surface area (Å²) >= 11 is 0. The van der Waals surface area contributed by atoms with Crippen LogP contribution >= 0.6 is 0 Å². The Morgan fingerprint density at radius 3 is 2.67 bits per heavy atom. The summed E-state index contributed by atoms with van der Waals surface area (Å²) in [6.45, 7) is 8.40. The van der Waals surface area contributed by atoms with Gasteiger partial charge in [0.05, 0.1) is 6.61 Å². The quantitative estimate of drug-likeness (QED) is 0.492. The third-order valence-electron chi connectivity index (χ3n) is 4.51. The number of rotatable bonds is 7. The van der Waals surface area contributed by atoms with Crippen LogP contribution in [0.5, 0.6) is 5.75 Å². The first-order valence-corrected chi connectivity index (χ1v) is 8.92. The molecule has 2 heteroatoms. The fraction of sp³-hybridized carbons (Fsp3) is 0.364. The van der Waals surface area contributed by atoms with E-state index in [1.165, 1.54) is 22.0 Å². The highest BCUT2D eigenvalue weighted by Crippen LogP contribution is 2.22. The van der Waals surface area contributed by atoms with Gasteiger partial charge in [0.25, 0.3) is 0 Å². The zero-order chi connectivity index (χ0) is 16.9. The topological polar surface area (TPSA) is 14.2 Å². The summed E-state index contributed by atoms with van der Waals surface area (Å²) in [6, 6.07) is 17.3. The van der Waals surface area contributed by atoms with Crippen LogP contribution in [0.1, 0.15) is 43.7 Å². The van der Waals surface area contributed by atoms with Gasteiger partial charge in [0.15, 0.2) is 0 Å². The van der Waals surface area contributed by atoms with E-state index < -0.39 is 0 Å². The zero-order valence-corrected chi connectivity index (χ0v) is 15.0. The molecule has 0 amide bonds. The van der Waals surface area contributed by atoms with Crippen molar-refractivity contribution < 1.29 is 4.74 Å². The average Bonchev–Trinajstić information content (AvgIpc) is 2.97. The molecule has 0 saturated carbocycles. The molecule has 24 heavy (non-hydrogen) atoms. The molecule has 3 rings (SSSR count). The highest BCUT2D eigenvalue weighted by Gasteiger charge is 2.04. The molecule has 0 aliphatic carbocycles. The van der Waals surface area contributed by atoms with Crippen molar-refractivity contribution in [2.75, 3.05) is 6.61 Å². The van der Waals surface area contributed by atoms with Gasteiger partial charge in [0.1, 0.15) is 5.75 Å². The Hall–Kier alpha value is -2.22. The summed E-state index contributed by atoms with van der Waals surface area (Å²) < 4.78 is 8.18. The number of unbranched alkanes of at least 4 members (excludes halogenated alkanes) is 1. The Morgan fingerprint density at radius 2 is 1.88 bits per heavy atom. The van der Waals surface area contributed by atoms with E-state index in [0.29, 0.717) is 5.92 Å². The molecule has 0 aliphatic rings. The Kier molecular flexibility index (Phi) is 5.24. The Bertz CT molecular complexity index is 801. The van der Waals surface area contributed by atoms with Gasteiger partial charge in [-0.25, -0.2) is 0 Å². The molecule has 0 N–H and O–H groups in total. The minimum absolute atomic E-state index is 0.580. The van der Waals surface area contributed by atoms with E-state index in [0.717, 1.165) is 31.7 Å². The van der Waals surface area contributed by atoms with Crippen molar-refractivity contribution >= 4 is 10.9 Å². The van der Waals surface area contributed by atoms with E-state index >= 15 is 0 Å². The van der Waals surface area contributed by atoms with Crippen molar-refractivity contribution in [3.63, 3.8) is 0 Å². The lowest BCUT2D eigenvalue weighted by atomic mass is 10.0. The molecule has 1 heterocycles. The second kappa shape index (κ2) is 7.57. The van der Waals surface area contributed by atoms with E-state index in [1.807, 2.05) is 12.1 Å². The molecule has 0 bridgehead atoms. The number of ether oxygens (including phenoxy) is 1. The molecule has 0 spiro atoms. The summed E-state index contributed by atoms with van der Waals surface area (Å²) in [5.74, 6) is 1.55. The smallest absolute Gasteiger partial charge is 0.119 e. The lowest BCUT2D eigenvalue weighted by Crippen LogP contribution is -2.01. The molecule has 1 aromatic heterocycles. The highest BCUT2D eigenvalue weighted by atomic mass is 16.5. The predicted octanol–water partition coefficient (Wildman–Crippen LogP) is 5.93. The molecule has 2 nitrogen and oxygen atoms in total. The maximum absolute atomic E-state index is 5.83. The molecule has 0 unspecified atom stereocenters. The van der Waals surface area contributed by atoms with Crippen LogP contribution in [0, 0.1) is 6.92 Å². The number of hydrogen-bond acceptors (Lipinski definition) is 1. The SMILES string of the molecule is Cc1cccc(OCCCCn2ccc3cc(C(C)C)ccc32)c1. The first-order valence-electron chi connectivity index (χ1n) is 8.92. The Morgan fingerprint density at radius 1 is 1.00 bits per heavy atom. The van der Waals surface area contributed by atoms with Gasteiger partial charge in [-0.05, 0) is 72.5 Å². The summed E-state index contributed by atoms with van der Waals surface area (Å²) in [5.41, 5.74) is 3.98. The van der Waals surface area contributed by atoms with Gasteiger partial charge in [-0.3, -0.25) is 0 Å². The second-order valence-electron chi connectivity index (χ2n) is 6.85. The Balaban J connectivity index is 1.51. The molecule has 0 saturated heterocycles. The number of aromatic nitrogens is 1. The standard InChI is InChI=1S/C22H27NO/c1-17(2)19-9-10-22-20(16-19)11-13-23(22)12-4-5-14-24-21-8-6-7-18(3)15-21/h6-11,13,15-17H,4-5,12,14H2,1-3H3. The van der Waals surface area contributed by atoms with Gasteiger partial charge < -0.3 is 9.30 Å². The van der Waals surface area contributed by atoms with Crippen LogP contribution in [-0.4, -0.2) is 11.2 Å². The molecule has 2 aromatic carbocycles. The van der Waals surface area contributed by atoms with E-state index in [2.05, 4.69) is 67.9 Å². The molecule has 0 atom stereocenters. The fourth-order valence-electron chi connectivity index (χ4n) is 3.05. The maximum Gasteiger partial charge on any atom is 0.119 e. The van der Waals surface area contributed by atoms with Gasteiger partial charge in [-0.2, -0.15) is 0 Å². The largest absolute Gasteiger partial charge is 0.494 e. The second-order valence-corrected chi connectivity index (χ2v) is 6.85. The van der Waals surface area contributed by atoms with Crippen LogP contribution in [0.2, 0.25) is 0 Å². The molecule has 0 fully saturated rings. The average molecular weight is 321 g/mol. The van der Waals surface area contributed by atoms with Crippen molar-refractivity contribution in [3.05, 3.63) is 65.9 Å². The number of benzene rings is 2. The summed E-state index contributed by atoms with van der Waals surface area (Å²) in [7, 11) is 0. The third-order valence-corrected chi connectivity index (χ3v) is 4.51. The van der Waals surface area contributed by atoms with Crippen molar-refractivity contribution in [1.29, 1.82) is 0 Å². The van der Waals surface area contributed by atoms with Crippen LogP contribution < -0.4 is 4.74 Å². The van der Waals surface area contributed by atoms with Crippen molar-refractivity contribution in [2.24, 2.45) is 0 Å². The first-order chi connectivity index (χ1) is 11.6. The van der Waals surface area contributed by atoms with E-state index in [-0.39, 0.29) is 0 Å². The summed E-state index contributed by atoms with van der Waals surface area (Å²) in [4.78, 5) is 0. The monoisotopic (exact) mass is 321 g/mol. The lowest BCUT2D eigenvalue weighted by molar-refractivity contribution is 0.303. The van der Waals surface area contributed by atoms with Gasteiger partial charge in [0.2, 0.25) is 0 Å². The first kappa shape index (κ1) is 16.6. The van der Waals surface area contributed by atoms with Crippen molar-refractivity contribution in [3.8, 4) is 5.75 Å². The summed E-state index contributed by atoms with van der Waals surface area (Å²) in [6.07, 6.45) is 4.40. The van der Waals surface area contributed by atoms with Gasteiger partial charge >= 0.3 is 0 Å². The number of fused-ring (bicyclic) bond motifs is 1. The maximum atomic E-state index is 5.83. The Labute approximate surface area is 145 Å². The molecule has 126 valence electrons. The number of aryl methyl sites for hydroxylation is 2. The van der Waals surface area contributed by atoms with Crippen molar-refractivity contribution in [1.82, 2.24) is 4.57 Å². The van der Waals surface area contributed by atoms with Gasteiger partial charge in [-0.1, -0.05) is 32.0 Å². The lowest BCUT2D eigenvalue weighted by Gasteiger charge is -2.09. The van der Waals surface area contributed by atoms with Crippen LogP contribution in [0.25, 0.3) is 10.9 Å². The molecule has 0 aliphatic heterocycles. The molecule has 0 radical (unpaired) electrons. The van der Waals surface area contributed by atoms with Crippen LogP contribution in [-0.2, 0) is 6.54 Å². The summed E-state index contributed by atoms with van der Waals surface area (Å²) in [5, 5.41) is 1.34. The normalized spacial score (nSPS) is 11.3. The van der Waals surface area contributed by atoms with Gasteiger partial charge in [-0.15, -0.1) is 0 Å². The molecular formula is C22H27NO. The number of hydrogen-bond donors (Lipinski definition) is 0. The van der Waals surface area contributed by atoms with Gasteiger partial charge in [0, 0.05) is 18.3 Å². The third kappa shape index (κ3) is 4.00. The van der Waals surface area contributed by atoms with Crippen LogP contribution in [0.15, 0.2) is 54.7 Å². The van der Waals surface area contributed by atoms with Crippen molar-refractivity contribution in [2.45, 2.75) is 46.1 Å². The molecule has 3 aromatic rings. The minimum Gasteiger partial charge on any atom is -0.494 e. The fourth-order valence-corrected chi connectivity index (χ4v) is 3.05. The minimum atomic E-state index is 0.580. The van der Waals surface area contributed by atoms with Crippen LogP contribution in [0.3, 0.4) is 0 Å². The highest BCUT2D eigenvalue weighted by molar-refractivity contribution is 5.81. The molecular weight excluding hydrogens is 294 g/mol. The number of nitrogens with zero attached hydrogens (tertiary/aromatic N) is 1.